The fourth-order valence-corrected chi connectivity index (χ4v) is 1.16. The van der Waals surface area contributed by atoms with Crippen LogP contribution in [-0.4, -0.2) is 24.9 Å². The highest BCUT2D eigenvalue weighted by molar-refractivity contribution is 6.36. The van der Waals surface area contributed by atoms with Crippen LogP contribution >= 0.6 is 0 Å². The predicted molar refractivity (Wildman–Crippen MR) is 37.7 cm³/mol. The molecule has 1 aliphatic heterocycles. The highest BCUT2D eigenvalue weighted by Gasteiger charge is 2.24. The SMILES string of the molecule is NC(=O)C(=O)C1CCOCC1. The Kier molecular flexibility index (Phi) is 2.59. The Morgan fingerprint density at radius 2 is 1.82 bits per heavy atom. The maximum atomic E-state index is 11.0. The van der Waals surface area contributed by atoms with Crippen molar-refractivity contribution in [2.24, 2.45) is 11.7 Å². The summed E-state index contributed by atoms with van der Waals surface area (Å²) in [6, 6.07) is 0. The van der Waals surface area contributed by atoms with E-state index in [2.05, 4.69) is 0 Å². The lowest BCUT2D eigenvalue weighted by Gasteiger charge is -2.18. The third kappa shape index (κ3) is 2.01. The molecule has 4 nitrogen and oxygen atoms in total. The number of nitrogens with two attached hydrogens (primary N) is 1. The molecule has 1 aliphatic rings. The molecular formula is C7H11NO3. The molecule has 0 aliphatic carbocycles. The maximum absolute atomic E-state index is 11.0. The molecule has 1 saturated heterocycles. The van der Waals surface area contributed by atoms with E-state index in [1.165, 1.54) is 0 Å². The zero-order chi connectivity index (χ0) is 8.27. The van der Waals surface area contributed by atoms with Crippen molar-refractivity contribution in [1.29, 1.82) is 0 Å². The van der Waals surface area contributed by atoms with E-state index < -0.39 is 11.7 Å². The average Bonchev–Trinajstić information content (AvgIpc) is 2.05. The van der Waals surface area contributed by atoms with E-state index in [1.807, 2.05) is 0 Å². The van der Waals surface area contributed by atoms with Crippen LogP contribution in [0.2, 0.25) is 0 Å². The molecule has 62 valence electrons. The summed E-state index contributed by atoms with van der Waals surface area (Å²) in [5.74, 6) is -1.47. The van der Waals surface area contributed by atoms with Gasteiger partial charge >= 0.3 is 0 Å². The summed E-state index contributed by atoms with van der Waals surface area (Å²) in [5.41, 5.74) is 4.84. The molecule has 2 N–H and O–H groups in total. The molecule has 0 aromatic heterocycles. The Balaban J connectivity index is 2.45. The van der Waals surface area contributed by atoms with Crippen molar-refractivity contribution in [1.82, 2.24) is 0 Å². The molecule has 1 rings (SSSR count). The second-order valence-electron chi connectivity index (χ2n) is 2.62. The molecule has 0 bridgehead atoms. The molecule has 0 spiro atoms. The van der Waals surface area contributed by atoms with Crippen molar-refractivity contribution < 1.29 is 14.3 Å². The summed E-state index contributed by atoms with van der Waals surface area (Å²) in [5, 5.41) is 0. The number of carbonyl (C=O) groups excluding carboxylic acids is 2. The van der Waals surface area contributed by atoms with Crippen LogP contribution in [0.1, 0.15) is 12.8 Å². The minimum atomic E-state index is -0.822. The van der Waals surface area contributed by atoms with E-state index in [9.17, 15) is 9.59 Å². The van der Waals surface area contributed by atoms with Gasteiger partial charge in [-0.05, 0) is 12.8 Å². The van der Waals surface area contributed by atoms with Gasteiger partial charge < -0.3 is 10.5 Å². The summed E-state index contributed by atoms with van der Waals surface area (Å²) in [4.78, 5) is 21.4. The number of amides is 1. The molecular weight excluding hydrogens is 146 g/mol. The van der Waals surface area contributed by atoms with Gasteiger partial charge in [0.1, 0.15) is 0 Å². The van der Waals surface area contributed by atoms with Crippen LogP contribution in [0, 0.1) is 5.92 Å². The van der Waals surface area contributed by atoms with Gasteiger partial charge in [-0.3, -0.25) is 9.59 Å². The number of rotatable bonds is 2. The Hall–Kier alpha value is -0.900. The molecule has 0 unspecified atom stereocenters. The summed E-state index contributed by atoms with van der Waals surface area (Å²) in [6.07, 6.45) is 1.25. The molecule has 1 amide bonds. The van der Waals surface area contributed by atoms with Crippen LogP contribution in [0.5, 0.6) is 0 Å². The second kappa shape index (κ2) is 3.48. The smallest absolute Gasteiger partial charge is 0.285 e. The number of ketones is 1. The largest absolute Gasteiger partial charge is 0.381 e. The van der Waals surface area contributed by atoms with Gasteiger partial charge in [0.05, 0.1) is 0 Å². The van der Waals surface area contributed by atoms with Crippen LogP contribution in [0.25, 0.3) is 0 Å². The number of Topliss-reactive ketones (excluding diaryl/α,β-unsaturated/α-hetero) is 1. The summed E-state index contributed by atoms with van der Waals surface area (Å²) >= 11 is 0. The fourth-order valence-electron chi connectivity index (χ4n) is 1.16. The Bertz CT molecular complexity index is 173. The van der Waals surface area contributed by atoms with Crippen LogP contribution in [0.15, 0.2) is 0 Å². The molecule has 0 aromatic rings. The first-order chi connectivity index (χ1) is 5.22. The van der Waals surface area contributed by atoms with E-state index >= 15 is 0 Å². The first-order valence-electron chi connectivity index (χ1n) is 3.63. The lowest BCUT2D eigenvalue weighted by Crippen LogP contribution is -2.33. The van der Waals surface area contributed by atoms with Gasteiger partial charge in [0.2, 0.25) is 5.78 Å². The molecule has 0 aromatic carbocycles. The van der Waals surface area contributed by atoms with Crippen molar-refractivity contribution in [2.45, 2.75) is 12.8 Å². The Labute approximate surface area is 64.7 Å². The minimum Gasteiger partial charge on any atom is -0.381 e. The monoisotopic (exact) mass is 157 g/mol. The normalized spacial score (nSPS) is 19.6. The zero-order valence-electron chi connectivity index (χ0n) is 6.21. The lowest BCUT2D eigenvalue weighted by molar-refractivity contribution is -0.140. The maximum Gasteiger partial charge on any atom is 0.285 e. The minimum absolute atomic E-state index is 0.193. The van der Waals surface area contributed by atoms with E-state index in [4.69, 9.17) is 10.5 Å². The number of hydrogen-bond donors (Lipinski definition) is 1. The van der Waals surface area contributed by atoms with Gasteiger partial charge in [-0.2, -0.15) is 0 Å². The van der Waals surface area contributed by atoms with Crippen LogP contribution < -0.4 is 5.73 Å². The number of hydrogen-bond acceptors (Lipinski definition) is 3. The summed E-state index contributed by atoms with van der Waals surface area (Å²) in [6.45, 7) is 1.12. The van der Waals surface area contributed by atoms with Crippen molar-refractivity contribution in [3.8, 4) is 0 Å². The second-order valence-corrected chi connectivity index (χ2v) is 2.62. The summed E-state index contributed by atoms with van der Waals surface area (Å²) in [7, 11) is 0. The quantitative estimate of drug-likeness (QED) is 0.548. The van der Waals surface area contributed by atoms with Gasteiger partial charge in [-0.1, -0.05) is 0 Å². The van der Waals surface area contributed by atoms with E-state index in [1.54, 1.807) is 0 Å². The fraction of sp³-hybridized carbons (Fsp3) is 0.714. The van der Waals surface area contributed by atoms with E-state index in [0.717, 1.165) is 0 Å². The molecule has 0 radical (unpaired) electrons. The highest BCUT2D eigenvalue weighted by Crippen LogP contribution is 2.14. The third-order valence-corrected chi connectivity index (χ3v) is 1.83. The summed E-state index contributed by atoms with van der Waals surface area (Å²) < 4.78 is 5.03. The van der Waals surface area contributed by atoms with E-state index in [0.29, 0.717) is 26.1 Å². The first-order valence-corrected chi connectivity index (χ1v) is 3.63. The van der Waals surface area contributed by atoms with Crippen LogP contribution in [-0.2, 0) is 14.3 Å². The molecule has 0 saturated carbocycles. The molecule has 4 heteroatoms. The molecule has 11 heavy (non-hydrogen) atoms. The average molecular weight is 157 g/mol. The molecule has 1 heterocycles. The van der Waals surface area contributed by atoms with Crippen LogP contribution in [0.3, 0.4) is 0 Å². The number of ether oxygens (including phenoxy) is 1. The van der Waals surface area contributed by atoms with E-state index in [-0.39, 0.29) is 5.92 Å². The standard InChI is InChI=1S/C7H11NO3/c8-7(10)6(9)5-1-3-11-4-2-5/h5H,1-4H2,(H2,8,10). The molecule has 1 fully saturated rings. The molecule has 0 atom stereocenters. The van der Waals surface area contributed by atoms with Crippen LogP contribution in [0.4, 0.5) is 0 Å². The predicted octanol–water partition coefficient (Wildman–Crippen LogP) is -0.533. The van der Waals surface area contributed by atoms with Crippen molar-refractivity contribution in [2.75, 3.05) is 13.2 Å². The van der Waals surface area contributed by atoms with Crippen molar-refractivity contribution >= 4 is 11.7 Å². The van der Waals surface area contributed by atoms with Gasteiger partial charge in [0.25, 0.3) is 5.91 Å². The highest BCUT2D eigenvalue weighted by atomic mass is 16.5. The Morgan fingerprint density at radius 1 is 1.27 bits per heavy atom. The topological polar surface area (TPSA) is 69.4 Å². The first kappa shape index (κ1) is 8.20. The van der Waals surface area contributed by atoms with Crippen molar-refractivity contribution in [3.63, 3.8) is 0 Å². The van der Waals surface area contributed by atoms with Gasteiger partial charge in [0.15, 0.2) is 0 Å². The zero-order valence-corrected chi connectivity index (χ0v) is 6.21. The van der Waals surface area contributed by atoms with Gasteiger partial charge in [-0.25, -0.2) is 0 Å². The van der Waals surface area contributed by atoms with Gasteiger partial charge in [-0.15, -0.1) is 0 Å². The van der Waals surface area contributed by atoms with Gasteiger partial charge in [0, 0.05) is 19.1 Å². The third-order valence-electron chi connectivity index (χ3n) is 1.83. The number of carbonyl (C=O) groups is 2. The number of primary amides is 1. The lowest BCUT2D eigenvalue weighted by atomic mass is 9.95. The van der Waals surface area contributed by atoms with Crippen molar-refractivity contribution in [3.05, 3.63) is 0 Å². The Morgan fingerprint density at radius 3 is 2.27 bits per heavy atom.